The predicted molar refractivity (Wildman–Crippen MR) is 97.7 cm³/mol. The van der Waals surface area contributed by atoms with E-state index in [-0.39, 0.29) is 28.4 Å². The van der Waals surface area contributed by atoms with Gasteiger partial charge in [0.2, 0.25) is 0 Å². The van der Waals surface area contributed by atoms with Gasteiger partial charge in [-0.1, -0.05) is 37.3 Å². The Labute approximate surface area is 152 Å². The number of carbonyl (C=O) groups excluding carboxylic acids is 1. The Bertz CT molecular complexity index is 925. The fourth-order valence-corrected chi connectivity index (χ4v) is 4.18. The van der Waals surface area contributed by atoms with E-state index in [0.717, 1.165) is 0 Å². The fourth-order valence-electron chi connectivity index (χ4n) is 2.65. The molecule has 0 N–H and O–H groups in total. The quantitative estimate of drug-likeness (QED) is 0.546. The summed E-state index contributed by atoms with van der Waals surface area (Å²) >= 11 is 0. The predicted octanol–water partition coefficient (Wildman–Crippen LogP) is 3.05. The molecule has 2 aromatic carbocycles. The van der Waals surface area contributed by atoms with Crippen LogP contribution in [-0.2, 0) is 16.4 Å². The minimum Gasteiger partial charge on any atom is -0.337 e. The van der Waals surface area contributed by atoms with Crippen molar-refractivity contribution in [1.82, 2.24) is 4.90 Å². The number of para-hydroxylation sites is 1. The van der Waals surface area contributed by atoms with Crippen LogP contribution in [0.4, 0.5) is 5.69 Å². The van der Waals surface area contributed by atoms with E-state index in [2.05, 4.69) is 0 Å². The second-order valence-electron chi connectivity index (χ2n) is 5.86. The van der Waals surface area contributed by atoms with Crippen LogP contribution in [0.3, 0.4) is 0 Å². The number of hydrogen-bond donors (Lipinski definition) is 0. The monoisotopic (exact) mass is 376 g/mol. The zero-order valence-electron chi connectivity index (χ0n) is 14.6. The normalized spacial score (nSPS) is 11.2. The largest absolute Gasteiger partial charge is 0.337 e. The molecule has 0 aliphatic rings. The molecule has 1 amide bonds. The summed E-state index contributed by atoms with van der Waals surface area (Å²) in [5.74, 6) is -0.552. The number of amides is 1. The van der Waals surface area contributed by atoms with Gasteiger partial charge in [-0.05, 0) is 18.6 Å². The van der Waals surface area contributed by atoms with Crippen LogP contribution in [0.25, 0.3) is 0 Å². The summed E-state index contributed by atoms with van der Waals surface area (Å²) in [6, 6.07) is 12.2. The van der Waals surface area contributed by atoms with Crippen LogP contribution < -0.4 is 0 Å². The molecule has 0 atom stereocenters. The van der Waals surface area contributed by atoms with Gasteiger partial charge in [0.25, 0.3) is 11.6 Å². The number of nitro groups is 1. The van der Waals surface area contributed by atoms with E-state index in [0.29, 0.717) is 12.0 Å². The SMILES string of the molecule is CCCS(=O)(=O)c1ccccc1C(=O)N(C)Cc1ccccc1[N+](=O)[O-]. The van der Waals surface area contributed by atoms with Gasteiger partial charge >= 0.3 is 0 Å². The molecule has 0 unspecified atom stereocenters. The van der Waals surface area contributed by atoms with Crippen molar-refractivity contribution in [1.29, 1.82) is 0 Å². The summed E-state index contributed by atoms with van der Waals surface area (Å²) in [5.41, 5.74) is 0.364. The van der Waals surface area contributed by atoms with Crippen molar-refractivity contribution in [2.24, 2.45) is 0 Å². The van der Waals surface area contributed by atoms with Crippen LogP contribution >= 0.6 is 0 Å². The molecule has 0 saturated carbocycles. The Morgan fingerprint density at radius 2 is 1.73 bits per heavy atom. The zero-order chi connectivity index (χ0) is 19.3. The first kappa shape index (κ1) is 19.6. The van der Waals surface area contributed by atoms with Gasteiger partial charge in [0, 0.05) is 18.7 Å². The number of benzene rings is 2. The van der Waals surface area contributed by atoms with Gasteiger partial charge in [-0.2, -0.15) is 0 Å². The van der Waals surface area contributed by atoms with Crippen molar-refractivity contribution in [3.05, 3.63) is 69.8 Å². The van der Waals surface area contributed by atoms with Crippen molar-refractivity contribution >= 4 is 21.4 Å². The Hall–Kier alpha value is -2.74. The average Bonchev–Trinajstić information content (AvgIpc) is 2.61. The summed E-state index contributed by atoms with van der Waals surface area (Å²) in [7, 11) is -2.08. The lowest BCUT2D eigenvalue weighted by Gasteiger charge is -2.19. The average molecular weight is 376 g/mol. The number of nitro benzene ring substituents is 1. The molecule has 0 radical (unpaired) electrons. The standard InChI is InChI=1S/C18H20N2O5S/c1-3-12-26(24,25)17-11-7-5-9-15(17)18(21)19(2)13-14-8-4-6-10-16(14)20(22)23/h4-11H,3,12-13H2,1-2H3. The number of rotatable bonds is 7. The maximum Gasteiger partial charge on any atom is 0.274 e. The van der Waals surface area contributed by atoms with Crippen LogP contribution in [0, 0.1) is 10.1 Å². The highest BCUT2D eigenvalue weighted by Crippen LogP contribution is 2.22. The molecule has 26 heavy (non-hydrogen) atoms. The lowest BCUT2D eigenvalue weighted by molar-refractivity contribution is -0.385. The third-order valence-corrected chi connectivity index (χ3v) is 5.84. The highest BCUT2D eigenvalue weighted by molar-refractivity contribution is 7.91. The summed E-state index contributed by atoms with van der Waals surface area (Å²) in [4.78, 5) is 24.7. The summed E-state index contributed by atoms with van der Waals surface area (Å²) < 4.78 is 24.8. The molecule has 0 fully saturated rings. The van der Waals surface area contributed by atoms with Gasteiger partial charge in [0.1, 0.15) is 0 Å². The van der Waals surface area contributed by atoms with Gasteiger partial charge < -0.3 is 4.90 Å². The van der Waals surface area contributed by atoms with Crippen molar-refractivity contribution in [3.63, 3.8) is 0 Å². The molecule has 2 aromatic rings. The molecule has 7 nitrogen and oxygen atoms in total. The Kier molecular flexibility index (Phi) is 6.10. The van der Waals surface area contributed by atoms with E-state index in [4.69, 9.17) is 0 Å². The third-order valence-electron chi connectivity index (χ3n) is 3.87. The van der Waals surface area contributed by atoms with E-state index in [1.165, 1.54) is 30.1 Å². The Balaban J connectivity index is 2.35. The van der Waals surface area contributed by atoms with E-state index in [9.17, 15) is 23.3 Å². The molecule has 138 valence electrons. The van der Waals surface area contributed by atoms with E-state index in [1.807, 2.05) is 0 Å². The van der Waals surface area contributed by atoms with E-state index in [1.54, 1.807) is 37.3 Å². The first-order chi connectivity index (χ1) is 12.3. The second-order valence-corrected chi connectivity index (χ2v) is 7.94. The molecular weight excluding hydrogens is 356 g/mol. The number of carbonyl (C=O) groups is 1. The van der Waals surface area contributed by atoms with Crippen LogP contribution in [-0.4, -0.2) is 36.9 Å². The molecule has 0 bridgehead atoms. The third kappa shape index (κ3) is 4.26. The molecular formula is C18H20N2O5S. The summed E-state index contributed by atoms with van der Waals surface area (Å²) in [6.45, 7) is 1.75. The molecule has 0 saturated heterocycles. The summed E-state index contributed by atoms with van der Waals surface area (Å²) in [6.07, 6.45) is 0.441. The van der Waals surface area contributed by atoms with Gasteiger partial charge in [-0.25, -0.2) is 8.42 Å². The smallest absolute Gasteiger partial charge is 0.274 e. The van der Waals surface area contributed by atoms with Crippen molar-refractivity contribution in [2.45, 2.75) is 24.8 Å². The van der Waals surface area contributed by atoms with Crippen LogP contribution in [0.2, 0.25) is 0 Å². The van der Waals surface area contributed by atoms with Gasteiger partial charge in [0.05, 0.1) is 27.7 Å². The molecule has 2 rings (SSSR count). The number of hydrogen-bond acceptors (Lipinski definition) is 5. The van der Waals surface area contributed by atoms with Gasteiger partial charge in [0.15, 0.2) is 9.84 Å². The second kappa shape index (κ2) is 8.09. The van der Waals surface area contributed by atoms with Gasteiger partial charge in [-0.15, -0.1) is 0 Å². The molecule has 0 spiro atoms. The lowest BCUT2D eigenvalue weighted by atomic mass is 10.1. The first-order valence-corrected chi connectivity index (χ1v) is 9.72. The van der Waals surface area contributed by atoms with E-state index >= 15 is 0 Å². The minimum absolute atomic E-state index is 0.00184. The highest BCUT2D eigenvalue weighted by atomic mass is 32.2. The van der Waals surface area contributed by atoms with Crippen molar-refractivity contribution < 1.29 is 18.1 Å². The topological polar surface area (TPSA) is 97.6 Å². The maximum absolute atomic E-state index is 12.8. The van der Waals surface area contributed by atoms with Crippen LogP contribution in [0.15, 0.2) is 53.4 Å². The first-order valence-electron chi connectivity index (χ1n) is 8.07. The Morgan fingerprint density at radius 3 is 2.38 bits per heavy atom. The number of sulfone groups is 1. The van der Waals surface area contributed by atoms with Gasteiger partial charge in [-0.3, -0.25) is 14.9 Å². The maximum atomic E-state index is 12.8. The fraction of sp³-hybridized carbons (Fsp3) is 0.278. The minimum atomic E-state index is -3.57. The van der Waals surface area contributed by atoms with E-state index < -0.39 is 20.7 Å². The molecule has 8 heteroatoms. The summed E-state index contributed by atoms with van der Waals surface area (Å²) in [5, 5.41) is 11.1. The molecule has 0 aromatic heterocycles. The van der Waals surface area contributed by atoms with Crippen molar-refractivity contribution in [3.8, 4) is 0 Å². The van der Waals surface area contributed by atoms with Crippen LogP contribution in [0.5, 0.6) is 0 Å². The molecule has 0 heterocycles. The lowest BCUT2D eigenvalue weighted by Crippen LogP contribution is -2.28. The highest BCUT2D eigenvalue weighted by Gasteiger charge is 2.24. The molecule has 0 aliphatic carbocycles. The number of nitrogens with zero attached hydrogens (tertiary/aromatic N) is 2. The zero-order valence-corrected chi connectivity index (χ0v) is 15.4. The Morgan fingerprint density at radius 1 is 1.12 bits per heavy atom. The molecule has 0 aliphatic heterocycles. The van der Waals surface area contributed by atoms with Crippen molar-refractivity contribution in [2.75, 3.05) is 12.8 Å². The van der Waals surface area contributed by atoms with Crippen LogP contribution in [0.1, 0.15) is 29.3 Å².